The van der Waals surface area contributed by atoms with Gasteiger partial charge in [-0.1, -0.05) is 29.8 Å². The highest BCUT2D eigenvalue weighted by Gasteiger charge is 2.12. The molecule has 0 saturated carbocycles. The van der Waals surface area contributed by atoms with E-state index in [1.807, 2.05) is 24.3 Å². The van der Waals surface area contributed by atoms with Gasteiger partial charge in [-0.3, -0.25) is 0 Å². The minimum absolute atomic E-state index is 0.0173. The average Bonchev–Trinajstić information content (AvgIpc) is 2.21. The number of rotatable bonds is 5. The summed E-state index contributed by atoms with van der Waals surface area (Å²) in [5.74, 6) is 0. The molecule has 0 aliphatic carbocycles. The third-order valence-electron chi connectivity index (χ3n) is 2.12. The van der Waals surface area contributed by atoms with E-state index in [1.165, 1.54) is 0 Å². The maximum absolute atomic E-state index is 6.06. The van der Waals surface area contributed by atoms with Gasteiger partial charge in [-0.2, -0.15) is 0 Å². The molecule has 1 unspecified atom stereocenters. The maximum Gasteiger partial charge on any atom is 0.0857 e. The number of hydrogen-bond donors (Lipinski definition) is 0. The molecule has 0 fully saturated rings. The molecule has 1 aromatic carbocycles. The van der Waals surface area contributed by atoms with Gasteiger partial charge in [0.2, 0.25) is 0 Å². The lowest BCUT2D eigenvalue weighted by molar-refractivity contribution is 0.0662. The predicted octanol–water partition coefficient (Wildman–Crippen LogP) is 3.06. The molecular weight excluding hydrogens is 200 g/mol. The quantitative estimate of drug-likeness (QED) is 0.750. The first-order valence-corrected chi connectivity index (χ1v) is 4.93. The van der Waals surface area contributed by atoms with Crippen molar-refractivity contribution in [2.24, 2.45) is 0 Å². The molecule has 0 aliphatic heterocycles. The SMILES string of the molecule is COCCC(OC)c1ccccc1Cl. The Kier molecular flexibility index (Phi) is 4.94. The van der Waals surface area contributed by atoms with Crippen LogP contribution in [0.25, 0.3) is 0 Å². The van der Waals surface area contributed by atoms with Gasteiger partial charge in [0.25, 0.3) is 0 Å². The fourth-order valence-corrected chi connectivity index (χ4v) is 1.62. The third-order valence-corrected chi connectivity index (χ3v) is 2.46. The third kappa shape index (κ3) is 2.98. The normalized spacial score (nSPS) is 12.8. The summed E-state index contributed by atoms with van der Waals surface area (Å²) < 4.78 is 10.4. The van der Waals surface area contributed by atoms with Gasteiger partial charge in [0, 0.05) is 32.3 Å². The lowest BCUT2D eigenvalue weighted by Crippen LogP contribution is -2.05. The molecule has 0 aromatic heterocycles. The number of halogens is 1. The zero-order valence-corrected chi connectivity index (χ0v) is 9.25. The lowest BCUT2D eigenvalue weighted by Gasteiger charge is -2.16. The number of methoxy groups -OCH3 is 2. The highest BCUT2D eigenvalue weighted by molar-refractivity contribution is 6.31. The summed E-state index contributed by atoms with van der Waals surface area (Å²) in [6, 6.07) is 7.72. The molecule has 1 aromatic rings. The standard InChI is InChI=1S/C11H15ClO2/c1-13-8-7-11(14-2)9-5-3-4-6-10(9)12/h3-6,11H,7-8H2,1-2H3. The molecule has 0 saturated heterocycles. The summed E-state index contributed by atoms with van der Waals surface area (Å²) in [6.45, 7) is 0.670. The van der Waals surface area contributed by atoms with Gasteiger partial charge in [-0.15, -0.1) is 0 Å². The summed E-state index contributed by atoms with van der Waals surface area (Å²) in [5.41, 5.74) is 1.02. The Bertz CT molecular complexity index is 276. The average molecular weight is 215 g/mol. The van der Waals surface area contributed by atoms with Gasteiger partial charge in [0.15, 0.2) is 0 Å². The topological polar surface area (TPSA) is 18.5 Å². The predicted molar refractivity (Wildman–Crippen MR) is 57.7 cm³/mol. The van der Waals surface area contributed by atoms with Gasteiger partial charge in [0.05, 0.1) is 6.10 Å². The summed E-state index contributed by atoms with van der Waals surface area (Å²) >= 11 is 6.06. The summed E-state index contributed by atoms with van der Waals surface area (Å²) in [7, 11) is 3.36. The van der Waals surface area contributed by atoms with Crippen LogP contribution in [0.15, 0.2) is 24.3 Å². The molecule has 0 aliphatic rings. The van der Waals surface area contributed by atoms with E-state index in [1.54, 1.807) is 14.2 Å². The van der Waals surface area contributed by atoms with E-state index in [2.05, 4.69) is 0 Å². The Labute approximate surface area is 89.8 Å². The Hall–Kier alpha value is -0.570. The fraction of sp³-hybridized carbons (Fsp3) is 0.455. The Balaban J connectivity index is 2.73. The summed E-state index contributed by atoms with van der Waals surface area (Å²) in [5, 5.41) is 0.746. The molecule has 0 radical (unpaired) electrons. The second-order valence-electron chi connectivity index (χ2n) is 3.03. The molecule has 1 atom stereocenters. The van der Waals surface area contributed by atoms with E-state index < -0.39 is 0 Å². The monoisotopic (exact) mass is 214 g/mol. The van der Waals surface area contributed by atoms with E-state index in [-0.39, 0.29) is 6.10 Å². The fourth-order valence-electron chi connectivity index (χ4n) is 1.36. The molecule has 0 bridgehead atoms. The van der Waals surface area contributed by atoms with E-state index >= 15 is 0 Å². The van der Waals surface area contributed by atoms with Crippen molar-refractivity contribution in [3.8, 4) is 0 Å². The molecule has 14 heavy (non-hydrogen) atoms. The molecule has 0 N–H and O–H groups in total. The van der Waals surface area contributed by atoms with Gasteiger partial charge in [0.1, 0.15) is 0 Å². The zero-order chi connectivity index (χ0) is 10.4. The molecule has 1 rings (SSSR count). The second-order valence-corrected chi connectivity index (χ2v) is 3.43. The number of benzene rings is 1. The van der Waals surface area contributed by atoms with Crippen molar-refractivity contribution in [1.29, 1.82) is 0 Å². The first-order valence-electron chi connectivity index (χ1n) is 4.55. The number of hydrogen-bond acceptors (Lipinski definition) is 2. The van der Waals surface area contributed by atoms with Crippen molar-refractivity contribution in [3.05, 3.63) is 34.9 Å². The lowest BCUT2D eigenvalue weighted by atomic mass is 10.1. The van der Waals surface area contributed by atoms with Crippen LogP contribution in [0.3, 0.4) is 0 Å². The molecule has 3 heteroatoms. The maximum atomic E-state index is 6.06. The van der Waals surface area contributed by atoms with Gasteiger partial charge in [-0.25, -0.2) is 0 Å². The van der Waals surface area contributed by atoms with Crippen LogP contribution in [0.4, 0.5) is 0 Å². The zero-order valence-electron chi connectivity index (χ0n) is 8.50. The van der Waals surface area contributed by atoms with Crippen molar-refractivity contribution in [1.82, 2.24) is 0 Å². The van der Waals surface area contributed by atoms with Crippen molar-refractivity contribution < 1.29 is 9.47 Å². The van der Waals surface area contributed by atoms with E-state index in [0.717, 1.165) is 17.0 Å². The first kappa shape index (κ1) is 11.5. The summed E-state index contributed by atoms with van der Waals surface area (Å²) in [4.78, 5) is 0. The van der Waals surface area contributed by atoms with Crippen molar-refractivity contribution >= 4 is 11.6 Å². The van der Waals surface area contributed by atoms with Crippen LogP contribution in [0, 0.1) is 0 Å². The van der Waals surface area contributed by atoms with Crippen LogP contribution < -0.4 is 0 Å². The van der Waals surface area contributed by atoms with Crippen LogP contribution in [-0.2, 0) is 9.47 Å². The highest BCUT2D eigenvalue weighted by Crippen LogP contribution is 2.27. The Morgan fingerprint density at radius 2 is 2.00 bits per heavy atom. The van der Waals surface area contributed by atoms with Crippen LogP contribution >= 0.6 is 11.6 Å². The Morgan fingerprint density at radius 3 is 2.57 bits per heavy atom. The minimum Gasteiger partial charge on any atom is -0.385 e. The van der Waals surface area contributed by atoms with Crippen molar-refractivity contribution in [2.45, 2.75) is 12.5 Å². The number of ether oxygens (including phenoxy) is 2. The Morgan fingerprint density at radius 1 is 1.29 bits per heavy atom. The van der Waals surface area contributed by atoms with Gasteiger partial charge >= 0.3 is 0 Å². The van der Waals surface area contributed by atoms with Crippen LogP contribution in [0.1, 0.15) is 18.1 Å². The van der Waals surface area contributed by atoms with Crippen LogP contribution in [-0.4, -0.2) is 20.8 Å². The largest absolute Gasteiger partial charge is 0.385 e. The molecule has 78 valence electrons. The van der Waals surface area contributed by atoms with E-state index in [4.69, 9.17) is 21.1 Å². The molecule has 0 heterocycles. The van der Waals surface area contributed by atoms with E-state index in [0.29, 0.717) is 6.61 Å². The van der Waals surface area contributed by atoms with E-state index in [9.17, 15) is 0 Å². The smallest absolute Gasteiger partial charge is 0.0857 e. The highest BCUT2D eigenvalue weighted by atomic mass is 35.5. The molecule has 2 nitrogen and oxygen atoms in total. The van der Waals surface area contributed by atoms with Gasteiger partial charge in [-0.05, 0) is 11.6 Å². The van der Waals surface area contributed by atoms with Crippen LogP contribution in [0.2, 0.25) is 5.02 Å². The van der Waals surface area contributed by atoms with Crippen LogP contribution in [0.5, 0.6) is 0 Å². The summed E-state index contributed by atoms with van der Waals surface area (Å²) in [6.07, 6.45) is 0.833. The molecule has 0 amide bonds. The van der Waals surface area contributed by atoms with Gasteiger partial charge < -0.3 is 9.47 Å². The first-order chi connectivity index (χ1) is 6.79. The molecular formula is C11H15ClO2. The molecule has 0 spiro atoms. The minimum atomic E-state index is 0.0173. The van der Waals surface area contributed by atoms with Crippen molar-refractivity contribution in [3.63, 3.8) is 0 Å². The van der Waals surface area contributed by atoms with Crippen molar-refractivity contribution in [2.75, 3.05) is 20.8 Å². The second kappa shape index (κ2) is 6.02.